The van der Waals surface area contributed by atoms with E-state index in [0.29, 0.717) is 37.7 Å². The maximum atomic E-state index is 12.1. The Labute approximate surface area is 140 Å². The second-order valence-corrected chi connectivity index (χ2v) is 5.52. The lowest BCUT2D eigenvalue weighted by atomic mass is 10.2. The molecule has 2 rings (SSSR count). The number of hydrogen-bond donors (Lipinski definition) is 1. The minimum absolute atomic E-state index is 0.0228. The van der Waals surface area contributed by atoms with Crippen LogP contribution in [-0.4, -0.2) is 65.8 Å². The van der Waals surface area contributed by atoms with Crippen molar-refractivity contribution in [2.75, 3.05) is 38.6 Å². The molecular weight excluding hydrogens is 312 g/mol. The lowest BCUT2D eigenvalue weighted by molar-refractivity contribution is -0.138. The summed E-state index contributed by atoms with van der Waals surface area (Å²) in [5.74, 6) is 0.182. The second kappa shape index (κ2) is 8.28. The summed E-state index contributed by atoms with van der Waals surface area (Å²) in [4.78, 5) is 42.7. The van der Waals surface area contributed by atoms with Crippen LogP contribution in [0.25, 0.3) is 0 Å². The Morgan fingerprint density at radius 1 is 1.12 bits per heavy atom. The zero-order valence-electron chi connectivity index (χ0n) is 13.9. The number of nitrogens with zero attached hydrogens (tertiary/aromatic N) is 3. The maximum absolute atomic E-state index is 12.1. The van der Waals surface area contributed by atoms with Crippen molar-refractivity contribution in [1.29, 1.82) is 0 Å². The molecule has 8 heteroatoms. The van der Waals surface area contributed by atoms with E-state index in [0.717, 1.165) is 0 Å². The number of amides is 3. The normalized spacial score (nSPS) is 14.2. The number of rotatable bonds is 5. The minimum Gasteiger partial charge on any atom is -0.481 e. The van der Waals surface area contributed by atoms with Crippen LogP contribution >= 0.6 is 0 Å². The molecule has 1 fully saturated rings. The molecule has 0 spiro atoms. The number of carbonyl (C=O) groups excluding carboxylic acids is 3. The molecule has 130 valence electrons. The van der Waals surface area contributed by atoms with Gasteiger partial charge < -0.3 is 19.9 Å². The van der Waals surface area contributed by atoms with Gasteiger partial charge in [0.1, 0.15) is 0 Å². The third kappa shape index (κ3) is 4.94. The molecule has 0 aliphatic carbocycles. The zero-order chi connectivity index (χ0) is 17.5. The largest absolute Gasteiger partial charge is 0.481 e. The molecule has 0 aromatic carbocycles. The average molecular weight is 334 g/mol. The highest BCUT2D eigenvalue weighted by atomic mass is 16.5. The summed E-state index contributed by atoms with van der Waals surface area (Å²) >= 11 is 0. The molecule has 8 nitrogen and oxygen atoms in total. The van der Waals surface area contributed by atoms with E-state index >= 15 is 0 Å². The third-order valence-corrected chi connectivity index (χ3v) is 3.87. The SMILES string of the molecule is COc1ccc(NC(=O)CCC(=O)N2CCN(C(C)=O)CC2)cn1. The molecule has 2 heterocycles. The summed E-state index contributed by atoms with van der Waals surface area (Å²) in [7, 11) is 1.52. The fourth-order valence-corrected chi connectivity index (χ4v) is 2.45. The Morgan fingerprint density at radius 3 is 2.33 bits per heavy atom. The fraction of sp³-hybridized carbons (Fsp3) is 0.500. The van der Waals surface area contributed by atoms with E-state index < -0.39 is 0 Å². The van der Waals surface area contributed by atoms with Gasteiger partial charge in [0.25, 0.3) is 0 Å². The Hall–Kier alpha value is -2.64. The third-order valence-electron chi connectivity index (χ3n) is 3.87. The molecule has 0 atom stereocenters. The summed E-state index contributed by atoms with van der Waals surface area (Å²) in [5.41, 5.74) is 0.559. The number of piperazine rings is 1. The van der Waals surface area contributed by atoms with Crippen molar-refractivity contribution >= 4 is 23.4 Å². The molecule has 0 radical (unpaired) electrons. The zero-order valence-corrected chi connectivity index (χ0v) is 13.9. The maximum Gasteiger partial charge on any atom is 0.224 e. The van der Waals surface area contributed by atoms with Gasteiger partial charge in [-0.05, 0) is 6.07 Å². The highest BCUT2D eigenvalue weighted by molar-refractivity contribution is 5.93. The molecule has 0 saturated carbocycles. The first-order chi connectivity index (χ1) is 11.5. The number of pyridine rings is 1. The van der Waals surface area contributed by atoms with E-state index in [4.69, 9.17) is 4.74 Å². The molecule has 1 N–H and O–H groups in total. The van der Waals surface area contributed by atoms with E-state index in [-0.39, 0.29) is 30.6 Å². The number of carbonyl (C=O) groups is 3. The molecule has 3 amide bonds. The summed E-state index contributed by atoms with van der Waals surface area (Å²) in [6, 6.07) is 3.34. The van der Waals surface area contributed by atoms with Gasteiger partial charge in [0.15, 0.2) is 0 Å². The van der Waals surface area contributed by atoms with Crippen LogP contribution in [0.3, 0.4) is 0 Å². The molecule has 1 aliphatic heterocycles. The van der Waals surface area contributed by atoms with E-state index in [2.05, 4.69) is 10.3 Å². The molecule has 1 aromatic rings. The van der Waals surface area contributed by atoms with Crippen molar-refractivity contribution in [3.63, 3.8) is 0 Å². The summed E-state index contributed by atoms with van der Waals surface area (Å²) in [6.07, 6.45) is 1.76. The Morgan fingerprint density at radius 2 is 1.79 bits per heavy atom. The Balaban J connectivity index is 1.73. The first-order valence-electron chi connectivity index (χ1n) is 7.83. The molecule has 1 aliphatic rings. The highest BCUT2D eigenvalue weighted by Gasteiger charge is 2.22. The Kier molecular flexibility index (Phi) is 6.11. The van der Waals surface area contributed by atoms with Crippen LogP contribution in [0.2, 0.25) is 0 Å². The monoisotopic (exact) mass is 334 g/mol. The van der Waals surface area contributed by atoms with Crippen LogP contribution in [0.4, 0.5) is 5.69 Å². The van der Waals surface area contributed by atoms with Gasteiger partial charge in [0.05, 0.1) is 19.0 Å². The van der Waals surface area contributed by atoms with Gasteiger partial charge in [-0.3, -0.25) is 14.4 Å². The summed E-state index contributed by atoms with van der Waals surface area (Å²) in [5, 5.41) is 2.69. The smallest absolute Gasteiger partial charge is 0.224 e. The van der Waals surface area contributed by atoms with E-state index in [9.17, 15) is 14.4 Å². The lowest BCUT2D eigenvalue weighted by Crippen LogP contribution is -2.50. The first kappa shape index (κ1) is 17.7. The lowest BCUT2D eigenvalue weighted by Gasteiger charge is -2.34. The minimum atomic E-state index is -0.238. The van der Waals surface area contributed by atoms with Crippen LogP contribution in [0, 0.1) is 0 Å². The second-order valence-electron chi connectivity index (χ2n) is 5.52. The predicted octanol–water partition coefficient (Wildman–Crippen LogP) is 0.500. The van der Waals surface area contributed by atoms with Crippen LogP contribution < -0.4 is 10.1 Å². The van der Waals surface area contributed by atoms with Crippen molar-refractivity contribution in [2.24, 2.45) is 0 Å². The quantitative estimate of drug-likeness (QED) is 0.846. The van der Waals surface area contributed by atoms with Gasteiger partial charge in [-0.1, -0.05) is 0 Å². The van der Waals surface area contributed by atoms with Crippen molar-refractivity contribution < 1.29 is 19.1 Å². The number of nitrogens with one attached hydrogen (secondary N) is 1. The van der Waals surface area contributed by atoms with Crippen molar-refractivity contribution in [3.05, 3.63) is 18.3 Å². The number of anilines is 1. The van der Waals surface area contributed by atoms with Crippen LogP contribution in [0.15, 0.2) is 18.3 Å². The van der Waals surface area contributed by atoms with Gasteiger partial charge in [-0.25, -0.2) is 4.98 Å². The first-order valence-corrected chi connectivity index (χ1v) is 7.83. The van der Waals surface area contributed by atoms with E-state index in [1.165, 1.54) is 20.2 Å². The van der Waals surface area contributed by atoms with E-state index in [1.807, 2.05) is 0 Å². The molecule has 0 unspecified atom stereocenters. The Bertz CT molecular complexity index is 595. The highest BCUT2D eigenvalue weighted by Crippen LogP contribution is 2.12. The van der Waals surface area contributed by atoms with Gasteiger partial charge in [0.2, 0.25) is 23.6 Å². The molecular formula is C16H22N4O4. The summed E-state index contributed by atoms with van der Waals surface area (Å²) < 4.78 is 4.94. The van der Waals surface area contributed by atoms with Crippen LogP contribution in [0.1, 0.15) is 19.8 Å². The molecule has 0 bridgehead atoms. The van der Waals surface area contributed by atoms with Gasteiger partial charge >= 0.3 is 0 Å². The standard InChI is InChI=1S/C16H22N4O4/c1-12(21)19-7-9-20(10-8-19)16(23)6-4-14(22)18-13-3-5-15(24-2)17-11-13/h3,5,11H,4,6-10H2,1-2H3,(H,18,22). The summed E-state index contributed by atoms with van der Waals surface area (Å²) in [6.45, 7) is 3.65. The molecule has 24 heavy (non-hydrogen) atoms. The van der Waals surface area contributed by atoms with Gasteiger partial charge in [-0.15, -0.1) is 0 Å². The predicted molar refractivity (Wildman–Crippen MR) is 87.5 cm³/mol. The number of aromatic nitrogens is 1. The molecule has 1 aromatic heterocycles. The topological polar surface area (TPSA) is 91.8 Å². The number of hydrogen-bond acceptors (Lipinski definition) is 5. The van der Waals surface area contributed by atoms with Crippen LogP contribution in [-0.2, 0) is 14.4 Å². The fourth-order valence-electron chi connectivity index (χ4n) is 2.45. The van der Waals surface area contributed by atoms with E-state index in [1.54, 1.807) is 21.9 Å². The van der Waals surface area contributed by atoms with Gasteiger partial charge in [-0.2, -0.15) is 0 Å². The van der Waals surface area contributed by atoms with Crippen molar-refractivity contribution in [2.45, 2.75) is 19.8 Å². The van der Waals surface area contributed by atoms with Crippen LogP contribution in [0.5, 0.6) is 5.88 Å². The van der Waals surface area contributed by atoms with Gasteiger partial charge in [0, 0.05) is 52.0 Å². The van der Waals surface area contributed by atoms with Crippen molar-refractivity contribution in [1.82, 2.24) is 14.8 Å². The van der Waals surface area contributed by atoms with Crippen molar-refractivity contribution in [3.8, 4) is 5.88 Å². The average Bonchev–Trinajstić information content (AvgIpc) is 2.60. The number of ether oxygens (including phenoxy) is 1. The molecule has 1 saturated heterocycles. The number of methoxy groups -OCH3 is 1.